The van der Waals surface area contributed by atoms with Crippen LogP contribution in [0, 0.1) is 5.92 Å². The van der Waals surface area contributed by atoms with E-state index >= 15 is 0 Å². The van der Waals surface area contributed by atoms with Crippen LogP contribution in [0.5, 0.6) is 0 Å². The van der Waals surface area contributed by atoms with E-state index in [1.165, 1.54) is 4.90 Å². The number of carbonyl (C=O) groups excluding carboxylic acids is 2. The zero-order chi connectivity index (χ0) is 12.5. The summed E-state index contributed by atoms with van der Waals surface area (Å²) in [5.74, 6) is 0.664. The molecule has 2 rings (SSSR count). The number of carbonyl (C=O) groups is 2. The summed E-state index contributed by atoms with van der Waals surface area (Å²) in [6.45, 7) is 2.73. The molecule has 0 atom stereocenters. The van der Waals surface area contributed by atoms with E-state index in [1.54, 1.807) is 0 Å². The molecule has 1 aliphatic heterocycles. The number of nitrogens with zero attached hydrogens (tertiary/aromatic N) is 1. The van der Waals surface area contributed by atoms with Gasteiger partial charge < -0.3 is 5.32 Å². The lowest BCUT2D eigenvalue weighted by Crippen LogP contribution is -2.49. The maximum atomic E-state index is 12.3. The highest BCUT2D eigenvalue weighted by Gasteiger charge is 2.51. The van der Waals surface area contributed by atoms with Crippen molar-refractivity contribution in [2.24, 2.45) is 5.92 Å². The van der Waals surface area contributed by atoms with Crippen molar-refractivity contribution in [2.75, 3.05) is 11.9 Å². The lowest BCUT2D eigenvalue weighted by molar-refractivity contribution is -0.132. The quantitative estimate of drug-likeness (QED) is 0.642. The summed E-state index contributed by atoms with van der Waals surface area (Å²) >= 11 is 3.32. The van der Waals surface area contributed by atoms with Gasteiger partial charge in [0.1, 0.15) is 5.54 Å². The van der Waals surface area contributed by atoms with Crippen molar-refractivity contribution >= 4 is 27.9 Å². The van der Waals surface area contributed by atoms with E-state index in [1.807, 2.05) is 0 Å². The fourth-order valence-corrected chi connectivity index (χ4v) is 2.94. The SMILES string of the molecule is CC1CCC2(CC1)NC(=O)N(CCCBr)C2=O. The van der Waals surface area contributed by atoms with Crippen molar-refractivity contribution in [3.63, 3.8) is 0 Å². The van der Waals surface area contributed by atoms with E-state index in [2.05, 4.69) is 28.2 Å². The number of amides is 3. The molecule has 96 valence electrons. The predicted octanol–water partition coefficient (Wildman–Crippen LogP) is 2.27. The normalized spacial score (nSPS) is 33.3. The average Bonchev–Trinajstić information content (AvgIpc) is 2.54. The molecule has 1 N–H and O–H groups in total. The number of imide groups is 1. The Hall–Kier alpha value is -0.580. The van der Waals surface area contributed by atoms with Gasteiger partial charge in [0.25, 0.3) is 5.91 Å². The molecular weight excluding hydrogens is 284 g/mol. The molecule has 0 aromatic rings. The molecular formula is C12H19BrN2O2. The smallest absolute Gasteiger partial charge is 0.323 e. The molecule has 1 aliphatic carbocycles. The predicted molar refractivity (Wildman–Crippen MR) is 69.0 cm³/mol. The van der Waals surface area contributed by atoms with Gasteiger partial charge in [0.05, 0.1) is 0 Å². The molecule has 1 heterocycles. The fraction of sp³-hybridized carbons (Fsp3) is 0.833. The Morgan fingerprint density at radius 3 is 2.65 bits per heavy atom. The third-order valence-electron chi connectivity index (χ3n) is 3.89. The minimum Gasteiger partial charge on any atom is -0.323 e. The van der Waals surface area contributed by atoms with Crippen LogP contribution in [0.15, 0.2) is 0 Å². The molecule has 0 aromatic carbocycles. The van der Waals surface area contributed by atoms with Crippen molar-refractivity contribution < 1.29 is 9.59 Å². The molecule has 1 spiro atoms. The summed E-state index contributed by atoms with van der Waals surface area (Å²) in [4.78, 5) is 25.5. The highest BCUT2D eigenvalue weighted by atomic mass is 79.9. The monoisotopic (exact) mass is 302 g/mol. The van der Waals surface area contributed by atoms with Crippen LogP contribution in [-0.4, -0.2) is 34.3 Å². The summed E-state index contributed by atoms with van der Waals surface area (Å²) in [7, 11) is 0. The van der Waals surface area contributed by atoms with Crippen LogP contribution in [0.1, 0.15) is 39.0 Å². The fourth-order valence-electron chi connectivity index (χ4n) is 2.69. The molecule has 0 radical (unpaired) electrons. The minimum atomic E-state index is -0.574. The van der Waals surface area contributed by atoms with Crippen molar-refractivity contribution in [3.8, 4) is 0 Å². The van der Waals surface area contributed by atoms with Gasteiger partial charge in [0, 0.05) is 11.9 Å². The lowest BCUT2D eigenvalue weighted by atomic mass is 9.77. The van der Waals surface area contributed by atoms with Gasteiger partial charge in [-0.25, -0.2) is 4.79 Å². The average molecular weight is 303 g/mol. The first-order valence-electron chi connectivity index (χ1n) is 6.29. The van der Waals surface area contributed by atoms with Crippen molar-refractivity contribution in [1.82, 2.24) is 10.2 Å². The van der Waals surface area contributed by atoms with Crippen LogP contribution < -0.4 is 5.32 Å². The van der Waals surface area contributed by atoms with Crippen LogP contribution >= 0.6 is 15.9 Å². The molecule has 5 heteroatoms. The van der Waals surface area contributed by atoms with Gasteiger partial charge in [-0.15, -0.1) is 0 Å². The van der Waals surface area contributed by atoms with E-state index in [4.69, 9.17) is 0 Å². The van der Waals surface area contributed by atoms with Gasteiger partial charge in [0.2, 0.25) is 0 Å². The number of urea groups is 1. The first-order valence-corrected chi connectivity index (χ1v) is 7.41. The van der Waals surface area contributed by atoms with Crippen molar-refractivity contribution in [1.29, 1.82) is 0 Å². The maximum Gasteiger partial charge on any atom is 0.325 e. The van der Waals surface area contributed by atoms with E-state index in [0.717, 1.165) is 37.4 Å². The first kappa shape index (κ1) is 12.9. The van der Waals surface area contributed by atoms with Crippen molar-refractivity contribution in [3.05, 3.63) is 0 Å². The Bertz CT molecular complexity index is 324. The zero-order valence-electron chi connectivity index (χ0n) is 10.2. The third kappa shape index (κ3) is 2.34. The van der Waals surface area contributed by atoms with E-state index < -0.39 is 5.54 Å². The molecule has 3 amide bonds. The molecule has 0 aromatic heterocycles. The van der Waals surface area contributed by atoms with Gasteiger partial charge in [-0.1, -0.05) is 22.9 Å². The molecule has 0 unspecified atom stereocenters. The number of alkyl halides is 1. The van der Waals surface area contributed by atoms with Crippen LogP contribution in [-0.2, 0) is 4.79 Å². The zero-order valence-corrected chi connectivity index (χ0v) is 11.8. The topological polar surface area (TPSA) is 49.4 Å². The Labute approximate surface area is 110 Å². The highest BCUT2D eigenvalue weighted by Crippen LogP contribution is 2.36. The Kier molecular flexibility index (Phi) is 3.76. The van der Waals surface area contributed by atoms with E-state index in [-0.39, 0.29) is 11.9 Å². The van der Waals surface area contributed by atoms with Gasteiger partial charge in [-0.05, 0) is 38.0 Å². The molecule has 2 aliphatic rings. The molecule has 4 nitrogen and oxygen atoms in total. The van der Waals surface area contributed by atoms with E-state index in [0.29, 0.717) is 12.5 Å². The molecule has 1 saturated heterocycles. The van der Waals surface area contributed by atoms with Crippen LogP contribution in [0.25, 0.3) is 0 Å². The number of nitrogens with one attached hydrogen (secondary N) is 1. The number of hydrogen-bond donors (Lipinski definition) is 1. The minimum absolute atomic E-state index is 0.00431. The van der Waals surface area contributed by atoms with Gasteiger partial charge in [-0.2, -0.15) is 0 Å². The van der Waals surface area contributed by atoms with Crippen LogP contribution in [0.3, 0.4) is 0 Å². The highest BCUT2D eigenvalue weighted by molar-refractivity contribution is 9.09. The van der Waals surface area contributed by atoms with Gasteiger partial charge in [0.15, 0.2) is 0 Å². The number of hydrogen-bond acceptors (Lipinski definition) is 2. The molecule has 2 fully saturated rings. The molecule has 1 saturated carbocycles. The Morgan fingerprint density at radius 1 is 1.41 bits per heavy atom. The second kappa shape index (κ2) is 4.96. The standard InChI is InChI=1S/C12H19BrN2O2/c1-9-3-5-12(6-4-9)10(16)15(8-2-7-13)11(17)14-12/h9H,2-8H2,1H3,(H,14,17). The molecule has 17 heavy (non-hydrogen) atoms. The number of halogens is 1. The summed E-state index contributed by atoms with van der Waals surface area (Å²) in [6.07, 6.45) is 4.45. The van der Waals surface area contributed by atoms with Gasteiger partial charge >= 0.3 is 6.03 Å². The third-order valence-corrected chi connectivity index (χ3v) is 4.45. The lowest BCUT2D eigenvalue weighted by Gasteiger charge is -2.33. The van der Waals surface area contributed by atoms with Crippen LogP contribution in [0.4, 0.5) is 4.79 Å². The maximum absolute atomic E-state index is 12.3. The summed E-state index contributed by atoms with van der Waals surface area (Å²) in [6, 6.07) is -0.203. The second-order valence-electron chi connectivity index (χ2n) is 5.19. The van der Waals surface area contributed by atoms with E-state index in [9.17, 15) is 9.59 Å². The summed E-state index contributed by atoms with van der Waals surface area (Å²) in [5, 5.41) is 3.73. The Balaban J connectivity index is 2.06. The second-order valence-corrected chi connectivity index (χ2v) is 5.99. The largest absolute Gasteiger partial charge is 0.325 e. The summed E-state index contributed by atoms with van der Waals surface area (Å²) < 4.78 is 0. The first-order chi connectivity index (χ1) is 8.09. The van der Waals surface area contributed by atoms with Gasteiger partial charge in [-0.3, -0.25) is 9.69 Å². The van der Waals surface area contributed by atoms with Crippen LogP contribution in [0.2, 0.25) is 0 Å². The number of rotatable bonds is 3. The summed E-state index contributed by atoms with van der Waals surface area (Å²) in [5.41, 5.74) is -0.574. The Morgan fingerprint density at radius 2 is 2.06 bits per heavy atom. The molecule has 0 bridgehead atoms. The van der Waals surface area contributed by atoms with Crippen molar-refractivity contribution in [2.45, 2.75) is 44.6 Å².